The second-order valence-electron chi connectivity index (χ2n) is 5.74. The molecular formula is C17H26ClNO. The maximum absolute atomic E-state index is 6.11. The lowest BCUT2D eigenvalue weighted by molar-refractivity contribution is 0.0273. The van der Waals surface area contributed by atoms with Crippen LogP contribution in [0, 0.1) is 6.92 Å². The van der Waals surface area contributed by atoms with Crippen LogP contribution >= 0.6 is 11.6 Å². The number of aryl methyl sites for hydroxylation is 1. The van der Waals surface area contributed by atoms with Crippen LogP contribution < -0.4 is 5.32 Å². The lowest BCUT2D eigenvalue weighted by Crippen LogP contribution is -2.20. The zero-order valence-corrected chi connectivity index (χ0v) is 13.2. The summed E-state index contributed by atoms with van der Waals surface area (Å²) in [5.41, 5.74) is 2.38. The second kappa shape index (κ2) is 8.66. The fourth-order valence-corrected chi connectivity index (χ4v) is 2.86. The zero-order chi connectivity index (χ0) is 14.2. The highest BCUT2D eigenvalue weighted by Crippen LogP contribution is 2.20. The Morgan fingerprint density at radius 2 is 2.05 bits per heavy atom. The summed E-state index contributed by atoms with van der Waals surface area (Å²) in [6, 6.07) is 6.25. The van der Waals surface area contributed by atoms with Gasteiger partial charge in [0.2, 0.25) is 0 Å². The van der Waals surface area contributed by atoms with E-state index in [-0.39, 0.29) is 0 Å². The first-order valence-corrected chi connectivity index (χ1v) is 8.21. The van der Waals surface area contributed by atoms with E-state index in [9.17, 15) is 0 Å². The van der Waals surface area contributed by atoms with Crippen LogP contribution in [0.2, 0.25) is 5.02 Å². The van der Waals surface area contributed by atoms with Crippen LogP contribution in [0.3, 0.4) is 0 Å². The minimum atomic E-state index is 0.527. The van der Waals surface area contributed by atoms with E-state index in [1.807, 2.05) is 13.0 Å². The predicted molar refractivity (Wildman–Crippen MR) is 85.3 cm³/mol. The van der Waals surface area contributed by atoms with E-state index >= 15 is 0 Å². The van der Waals surface area contributed by atoms with E-state index in [0.717, 1.165) is 36.7 Å². The number of rotatable bonds is 7. The monoisotopic (exact) mass is 295 g/mol. The second-order valence-corrected chi connectivity index (χ2v) is 6.15. The van der Waals surface area contributed by atoms with Gasteiger partial charge in [0.15, 0.2) is 0 Å². The molecule has 0 atom stereocenters. The molecule has 0 spiro atoms. The Balaban J connectivity index is 1.53. The van der Waals surface area contributed by atoms with Crippen molar-refractivity contribution in [3.05, 3.63) is 34.3 Å². The molecule has 0 heterocycles. The van der Waals surface area contributed by atoms with Gasteiger partial charge >= 0.3 is 0 Å². The van der Waals surface area contributed by atoms with Gasteiger partial charge in [0.05, 0.1) is 6.10 Å². The highest BCUT2D eigenvalue weighted by atomic mass is 35.5. The molecule has 1 aromatic carbocycles. The molecule has 112 valence electrons. The molecule has 1 saturated carbocycles. The number of hydrogen-bond donors (Lipinski definition) is 1. The van der Waals surface area contributed by atoms with Gasteiger partial charge in [-0.1, -0.05) is 43.0 Å². The molecule has 1 fully saturated rings. The standard InChI is InChI=1S/C17H26ClNO/c1-14-8-9-15(12-17(14)18)13-19-10-5-11-20-16-6-3-2-4-7-16/h8-9,12,16,19H,2-7,10-11,13H2,1H3. The maximum atomic E-state index is 6.11. The summed E-state index contributed by atoms with van der Waals surface area (Å²) in [4.78, 5) is 0. The molecule has 0 unspecified atom stereocenters. The number of nitrogens with one attached hydrogen (secondary N) is 1. The molecule has 1 aliphatic carbocycles. The number of ether oxygens (including phenoxy) is 1. The molecule has 3 heteroatoms. The van der Waals surface area contributed by atoms with E-state index in [0.29, 0.717) is 6.10 Å². The minimum Gasteiger partial charge on any atom is -0.378 e. The molecule has 1 N–H and O–H groups in total. The Kier molecular flexibility index (Phi) is 6.85. The van der Waals surface area contributed by atoms with Crippen molar-refractivity contribution in [1.29, 1.82) is 0 Å². The normalized spacial score (nSPS) is 16.5. The number of hydrogen-bond acceptors (Lipinski definition) is 2. The average Bonchev–Trinajstić information content (AvgIpc) is 2.47. The van der Waals surface area contributed by atoms with Crippen molar-refractivity contribution in [2.75, 3.05) is 13.2 Å². The van der Waals surface area contributed by atoms with Gasteiger partial charge in [-0.25, -0.2) is 0 Å². The Bertz CT molecular complexity index is 402. The molecule has 0 radical (unpaired) electrons. The van der Waals surface area contributed by atoms with Gasteiger partial charge in [0.1, 0.15) is 0 Å². The first-order valence-electron chi connectivity index (χ1n) is 7.83. The van der Waals surface area contributed by atoms with Crippen molar-refractivity contribution in [3.8, 4) is 0 Å². The van der Waals surface area contributed by atoms with Gasteiger partial charge in [-0.15, -0.1) is 0 Å². The minimum absolute atomic E-state index is 0.527. The SMILES string of the molecule is Cc1ccc(CNCCCOC2CCCCC2)cc1Cl. The van der Waals surface area contributed by atoms with Crippen molar-refractivity contribution in [3.63, 3.8) is 0 Å². The third-order valence-corrected chi connectivity index (χ3v) is 4.38. The highest BCUT2D eigenvalue weighted by molar-refractivity contribution is 6.31. The Labute approximate surface area is 127 Å². The first kappa shape index (κ1) is 15.8. The Morgan fingerprint density at radius 1 is 1.25 bits per heavy atom. The van der Waals surface area contributed by atoms with Gasteiger partial charge < -0.3 is 10.1 Å². The van der Waals surface area contributed by atoms with Crippen molar-refractivity contribution in [1.82, 2.24) is 5.32 Å². The lowest BCUT2D eigenvalue weighted by atomic mass is 9.98. The van der Waals surface area contributed by atoms with Crippen LogP contribution in [0.5, 0.6) is 0 Å². The Hall–Kier alpha value is -0.570. The molecule has 1 aliphatic rings. The van der Waals surface area contributed by atoms with Gasteiger partial charge in [-0.05, 0) is 49.9 Å². The third-order valence-electron chi connectivity index (χ3n) is 3.97. The van der Waals surface area contributed by atoms with Crippen molar-refractivity contribution in [2.24, 2.45) is 0 Å². The summed E-state index contributed by atoms with van der Waals surface area (Å²) >= 11 is 6.11. The molecule has 20 heavy (non-hydrogen) atoms. The quantitative estimate of drug-likeness (QED) is 0.749. The van der Waals surface area contributed by atoms with E-state index in [1.165, 1.54) is 37.7 Å². The van der Waals surface area contributed by atoms with Crippen LogP contribution in [0.15, 0.2) is 18.2 Å². The van der Waals surface area contributed by atoms with Crippen LogP contribution in [-0.2, 0) is 11.3 Å². The predicted octanol–water partition coefficient (Wildman–Crippen LogP) is 4.48. The molecule has 1 aromatic rings. The lowest BCUT2D eigenvalue weighted by Gasteiger charge is -2.21. The van der Waals surface area contributed by atoms with E-state index < -0.39 is 0 Å². The van der Waals surface area contributed by atoms with Crippen molar-refractivity contribution >= 4 is 11.6 Å². The summed E-state index contributed by atoms with van der Waals surface area (Å²) in [6.45, 7) is 4.79. The van der Waals surface area contributed by atoms with Crippen molar-refractivity contribution < 1.29 is 4.74 Å². The number of halogens is 1. The summed E-state index contributed by atoms with van der Waals surface area (Å²) in [5, 5.41) is 4.30. The van der Waals surface area contributed by atoms with E-state index in [1.54, 1.807) is 0 Å². The maximum Gasteiger partial charge on any atom is 0.0575 e. The highest BCUT2D eigenvalue weighted by Gasteiger charge is 2.12. The Morgan fingerprint density at radius 3 is 2.80 bits per heavy atom. The van der Waals surface area contributed by atoms with Crippen molar-refractivity contribution in [2.45, 2.75) is 58.1 Å². The molecular weight excluding hydrogens is 270 g/mol. The smallest absolute Gasteiger partial charge is 0.0575 e. The van der Waals surface area contributed by atoms with Crippen LogP contribution in [-0.4, -0.2) is 19.3 Å². The molecule has 0 amide bonds. The van der Waals surface area contributed by atoms with Crippen LogP contribution in [0.1, 0.15) is 49.7 Å². The zero-order valence-electron chi connectivity index (χ0n) is 12.5. The van der Waals surface area contributed by atoms with Gasteiger partial charge in [0, 0.05) is 18.2 Å². The molecule has 0 bridgehead atoms. The molecule has 0 aliphatic heterocycles. The van der Waals surface area contributed by atoms with E-state index in [4.69, 9.17) is 16.3 Å². The van der Waals surface area contributed by atoms with E-state index in [2.05, 4.69) is 17.4 Å². The summed E-state index contributed by atoms with van der Waals surface area (Å²) in [7, 11) is 0. The molecule has 2 rings (SSSR count). The molecule has 2 nitrogen and oxygen atoms in total. The van der Waals surface area contributed by atoms with Gasteiger partial charge in [-0.2, -0.15) is 0 Å². The molecule has 0 aromatic heterocycles. The third kappa shape index (κ3) is 5.43. The van der Waals surface area contributed by atoms with Crippen LogP contribution in [0.25, 0.3) is 0 Å². The van der Waals surface area contributed by atoms with Gasteiger partial charge in [0.25, 0.3) is 0 Å². The topological polar surface area (TPSA) is 21.3 Å². The summed E-state index contributed by atoms with van der Waals surface area (Å²) in [5.74, 6) is 0. The molecule has 0 saturated heterocycles. The van der Waals surface area contributed by atoms with Crippen LogP contribution in [0.4, 0.5) is 0 Å². The first-order chi connectivity index (χ1) is 9.75. The summed E-state index contributed by atoms with van der Waals surface area (Å²) < 4.78 is 5.91. The number of benzene rings is 1. The fraction of sp³-hybridized carbons (Fsp3) is 0.647. The van der Waals surface area contributed by atoms with Gasteiger partial charge in [-0.3, -0.25) is 0 Å². The largest absolute Gasteiger partial charge is 0.378 e. The summed E-state index contributed by atoms with van der Waals surface area (Å²) in [6.07, 6.45) is 8.20. The average molecular weight is 296 g/mol. The fourth-order valence-electron chi connectivity index (χ4n) is 2.66.